The van der Waals surface area contributed by atoms with Crippen LogP contribution in [0.3, 0.4) is 0 Å². The number of aromatic nitrogens is 2. The van der Waals surface area contributed by atoms with E-state index < -0.39 is 0 Å². The average Bonchev–Trinajstić information content (AvgIpc) is 2.94. The number of carbonyl (C=O) groups is 1. The first kappa shape index (κ1) is 13.6. The van der Waals surface area contributed by atoms with Gasteiger partial charge in [0, 0.05) is 22.9 Å². The number of amides is 2. The van der Waals surface area contributed by atoms with Gasteiger partial charge < -0.3 is 5.32 Å². The first-order valence-electron chi connectivity index (χ1n) is 6.21. The minimum Gasteiger partial charge on any atom is -0.333 e. The topological polar surface area (TPSA) is 59.0 Å². The van der Waals surface area contributed by atoms with Gasteiger partial charge in [-0.05, 0) is 25.5 Å². The lowest BCUT2D eigenvalue weighted by Crippen LogP contribution is -2.28. The van der Waals surface area contributed by atoms with Crippen molar-refractivity contribution in [2.75, 3.05) is 5.32 Å². The largest absolute Gasteiger partial charge is 0.333 e. The Balaban J connectivity index is 1.86. The monoisotopic (exact) mass is 278 g/mol. The van der Waals surface area contributed by atoms with E-state index in [1.165, 1.54) is 4.88 Å². The highest BCUT2D eigenvalue weighted by atomic mass is 32.1. The first-order chi connectivity index (χ1) is 9.08. The van der Waals surface area contributed by atoms with Crippen molar-refractivity contribution in [1.82, 2.24) is 15.1 Å². The molecule has 2 amide bonds. The number of hydrogen-bond donors (Lipinski definition) is 2. The zero-order valence-electron chi connectivity index (χ0n) is 11.4. The Labute approximate surface area is 116 Å². The van der Waals surface area contributed by atoms with E-state index >= 15 is 0 Å². The molecule has 0 aliphatic rings. The van der Waals surface area contributed by atoms with Crippen LogP contribution in [0.4, 0.5) is 10.6 Å². The van der Waals surface area contributed by atoms with Crippen LogP contribution in [0.25, 0.3) is 0 Å². The molecule has 0 aromatic carbocycles. The maximum absolute atomic E-state index is 11.8. The molecule has 0 atom stereocenters. The van der Waals surface area contributed by atoms with E-state index in [0.717, 1.165) is 17.0 Å². The Hall–Kier alpha value is -1.82. The molecule has 0 aliphatic carbocycles. The Morgan fingerprint density at radius 2 is 2.16 bits per heavy atom. The zero-order valence-corrected chi connectivity index (χ0v) is 12.2. The Morgan fingerprint density at radius 3 is 2.74 bits per heavy atom. The number of anilines is 1. The van der Waals surface area contributed by atoms with Crippen LogP contribution in [-0.2, 0) is 20.0 Å². The molecule has 19 heavy (non-hydrogen) atoms. The summed E-state index contributed by atoms with van der Waals surface area (Å²) < 4.78 is 1.65. The molecule has 0 aliphatic heterocycles. The van der Waals surface area contributed by atoms with Gasteiger partial charge in [0.25, 0.3) is 0 Å². The predicted molar refractivity (Wildman–Crippen MR) is 77.5 cm³/mol. The molecule has 5 nitrogen and oxygen atoms in total. The van der Waals surface area contributed by atoms with E-state index in [0.29, 0.717) is 12.4 Å². The number of nitrogens with zero attached hydrogens (tertiary/aromatic N) is 2. The van der Waals surface area contributed by atoms with Gasteiger partial charge in [-0.15, -0.1) is 11.3 Å². The van der Waals surface area contributed by atoms with Crippen LogP contribution in [0.15, 0.2) is 18.2 Å². The normalized spacial score (nSPS) is 10.5. The summed E-state index contributed by atoms with van der Waals surface area (Å²) in [6.45, 7) is 4.56. The number of urea groups is 1. The molecule has 0 saturated heterocycles. The second-order valence-corrected chi connectivity index (χ2v) is 5.58. The van der Waals surface area contributed by atoms with E-state index in [9.17, 15) is 4.79 Å². The van der Waals surface area contributed by atoms with Gasteiger partial charge in [-0.25, -0.2) is 4.79 Å². The lowest BCUT2D eigenvalue weighted by molar-refractivity contribution is 0.251. The fraction of sp³-hybridized carbons (Fsp3) is 0.385. The highest BCUT2D eigenvalue weighted by Crippen LogP contribution is 2.16. The zero-order chi connectivity index (χ0) is 13.8. The van der Waals surface area contributed by atoms with Gasteiger partial charge in [0.05, 0.1) is 12.2 Å². The van der Waals surface area contributed by atoms with Crippen molar-refractivity contribution in [2.45, 2.75) is 26.8 Å². The van der Waals surface area contributed by atoms with Crippen molar-refractivity contribution in [2.24, 2.45) is 7.05 Å². The second kappa shape index (κ2) is 5.88. The average molecular weight is 278 g/mol. The van der Waals surface area contributed by atoms with E-state index in [1.54, 1.807) is 23.1 Å². The van der Waals surface area contributed by atoms with E-state index in [2.05, 4.69) is 34.8 Å². The van der Waals surface area contributed by atoms with Crippen molar-refractivity contribution in [3.63, 3.8) is 0 Å². The summed E-state index contributed by atoms with van der Waals surface area (Å²) in [5, 5.41) is 9.79. The van der Waals surface area contributed by atoms with E-state index in [-0.39, 0.29) is 6.03 Å². The third kappa shape index (κ3) is 3.57. The van der Waals surface area contributed by atoms with Gasteiger partial charge >= 0.3 is 6.03 Å². The molecule has 2 aromatic rings. The lowest BCUT2D eigenvalue weighted by atomic mass is 10.4. The summed E-state index contributed by atoms with van der Waals surface area (Å²) in [6, 6.07) is 5.77. The van der Waals surface area contributed by atoms with E-state index in [4.69, 9.17) is 0 Å². The van der Waals surface area contributed by atoms with Crippen LogP contribution in [-0.4, -0.2) is 15.8 Å². The molecule has 6 heteroatoms. The van der Waals surface area contributed by atoms with Gasteiger partial charge in [0.1, 0.15) is 5.82 Å². The van der Waals surface area contributed by atoms with Crippen LogP contribution in [0, 0.1) is 6.92 Å². The van der Waals surface area contributed by atoms with Crippen molar-refractivity contribution < 1.29 is 4.79 Å². The molecule has 0 saturated carbocycles. The molecule has 0 radical (unpaired) electrons. The molecule has 2 aromatic heterocycles. The third-order valence-corrected chi connectivity index (χ3v) is 3.96. The number of carbonyl (C=O) groups excluding carboxylic acids is 1. The lowest BCUT2D eigenvalue weighted by Gasteiger charge is -2.06. The van der Waals surface area contributed by atoms with Gasteiger partial charge in [0.2, 0.25) is 0 Å². The molecule has 0 unspecified atom stereocenters. The van der Waals surface area contributed by atoms with Gasteiger partial charge in [-0.3, -0.25) is 10.00 Å². The number of hydrogen-bond acceptors (Lipinski definition) is 3. The number of thiophene rings is 1. The molecule has 2 rings (SSSR count). The standard InChI is InChI=1S/C13H18N4OS/c1-4-10-5-6-11(19-10)8-14-13(18)15-12-7-9(2)16-17(12)3/h5-7H,4,8H2,1-3H3,(H2,14,15,18). The fourth-order valence-corrected chi connectivity index (χ4v) is 2.66. The quantitative estimate of drug-likeness (QED) is 0.903. The molecule has 2 heterocycles. The predicted octanol–water partition coefficient (Wildman–Crippen LogP) is 2.67. The first-order valence-corrected chi connectivity index (χ1v) is 7.03. The van der Waals surface area contributed by atoms with Crippen molar-refractivity contribution in [3.05, 3.63) is 33.6 Å². The Bertz CT molecular complexity index is 573. The maximum Gasteiger partial charge on any atom is 0.320 e. The molecule has 2 N–H and O–H groups in total. The summed E-state index contributed by atoms with van der Waals surface area (Å²) >= 11 is 1.73. The fourth-order valence-electron chi connectivity index (χ4n) is 1.76. The van der Waals surface area contributed by atoms with Gasteiger partial charge in [-0.1, -0.05) is 6.92 Å². The molecular weight excluding hydrogens is 260 g/mol. The van der Waals surface area contributed by atoms with Crippen molar-refractivity contribution in [3.8, 4) is 0 Å². The molecular formula is C13H18N4OS. The molecule has 102 valence electrons. The van der Waals surface area contributed by atoms with Crippen LogP contribution in [0.5, 0.6) is 0 Å². The molecule has 0 fully saturated rings. The van der Waals surface area contributed by atoms with E-state index in [1.807, 2.05) is 13.0 Å². The number of rotatable bonds is 4. The molecule has 0 spiro atoms. The molecule has 0 bridgehead atoms. The highest BCUT2D eigenvalue weighted by molar-refractivity contribution is 7.11. The van der Waals surface area contributed by atoms with Crippen molar-refractivity contribution in [1.29, 1.82) is 0 Å². The Kier molecular flexibility index (Phi) is 4.21. The Morgan fingerprint density at radius 1 is 1.42 bits per heavy atom. The summed E-state index contributed by atoms with van der Waals surface area (Å²) in [7, 11) is 1.80. The number of nitrogens with one attached hydrogen (secondary N) is 2. The van der Waals surface area contributed by atoms with Crippen molar-refractivity contribution >= 4 is 23.2 Å². The summed E-state index contributed by atoms with van der Waals surface area (Å²) in [5.41, 5.74) is 0.878. The number of aryl methyl sites for hydroxylation is 3. The van der Waals surface area contributed by atoms with Gasteiger partial charge in [0.15, 0.2) is 0 Å². The summed E-state index contributed by atoms with van der Waals surface area (Å²) in [6.07, 6.45) is 1.03. The minimum absolute atomic E-state index is 0.213. The van der Waals surface area contributed by atoms with Crippen LogP contribution < -0.4 is 10.6 Å². The van der Waals surface area contributed by atoms with Crippen LogP contribution in [0.1, 0.15) is 22.4 Å². The maximum atomic E-state index is 11.8. The van der Waals surface area contributed by atoms with Crippen LogP contribution >= 0.6 is 11.3 Å². The van der Waals surface area contributed by atoms with Gasteiger partial charge in [-0.2, -0.15) is 5.10 Å². The smallest absolute Gasteiger partial charge is 0.320 e. The van der Waals surface area contributed by atoms with Crippen LogP contribution in [0.2, 0.25) is 0 Å². The SMILES string of the molecule is CCc1ccc(CNC(=O)Nc2cc(C)nn2C)s1. The summed E-state index contributed by atoms with van der Waals surface area (Å²) in [5.74, 6) is 0.690. The summed E-state index contributed by atoms with van der Waals surface area (Å²) in [4.78, 5) is 14.3. The third-order valence-electron chi connectivity index (χ3n) is 2.73. The minimum atomic E-state index is -0.213. The second-order valence-electron chi connectivity index (χ2n) is 4.32. The highest BCUT2D eigenvalue weighted by Gasteiger charge is 2.07.